The number of hydrogen-bond acceptors (Lipinski definition) is 6. The Morgan fingerprint density at radius 2 is 1.97 bits per heavy atom. The quantitative estimate of drug-likeness (QED) is 0.606. The molecule has 0 unspecified atom stereocenters. The van der Waals surface area contributed by atoms with Gasteiger partial charge in [-0.15, -0.1) is 0 Å². The summed E-state index contributed by atoms with van der Waals surface area (Å²) >= 11 is 0. The average Bonchev–Trinajstić information content (AvgIpc) is 3.10. The zero-order chi connectivity index (χ0) is 21.6. The van der Waals surface area contributed by atoms with Gasteiger partial charge in [0.25, 0.3) is 5.56 Å². The van der Waals surface area contributed by atoms with Crippen LogP contribution in [0.15, 0.2) is 27.8 Å². The van der Waals surface area contributed by atoms with Gasteiger partial charge in [-0.3, -0.25) is 14.2 Å². The molecule has 0 saturated carbocycles. The van der Waals surface area contributed by atoms with Crippen molar-refractivity contribution in [3.05, 3.63) is 50.2 Å². The fourth-order valence-corrected chi connectivity index (χ4v) is 4.08. The summed E-state index contributed by atoms with van der Waals surface area (Å²) in [6, 6.07) is 6.21. The number of benzene rings is 1. The highest BCUT2D eigenvalue weighted by Gasteiger charge is 2.28. The van der Waals surface area contributed by atoms with Crippen molar-refractivity contribution in [3.63, 3.8) is 0 Å². The summed E-state index contributed by atoms with van der Waals surface area (Å²) < 4.78 is 9.01. The first-order chi connectivity index (χ1) is 14.3. The van der Waals surface area contributed by atoms with Crippen LogP contribution in [0.5, 0.6) is 0 Å². The minimum atomic E-state index is -0.619. The van der Waals surface area contributed by atoms with Crippen LogP contribution in [0, 0.1) is 13.8 Å². The number of esters is 1. The Morgan fingerprint density at radius 1 is 1.20 bits per heavy atom. The molecule has 2 aromatic heterocycles. The summed E-state index contributed by atoms with van der Waals surface area (Å²) in [5, 5.41) is 0. The van der Waals surface area contributed by atoms with E-state index >= 15 is 0 Å². The molecule has 1 aliphatic rings. The van der Waals surface area contributed by atoms with Gasteiger partial charge in [-0.05, 0) is 38.8 Å². The molecule has 1 aliphatic heterocycles. The molecular weight excluding hydrogens is 386 g/mol. The highest BCUT2D eigenvalue weighted by molar-refractivity contribution is 5.78. The number of aromatic nitrogens is 4. The Labute approximate surface area is 173 Å². The van der Waals surface area contributed by atoms with E-state index in [2.05, 4.69) is 22.0 Å². The predicted molar refractivity (Wildman–Crippen MR) is 113 cm³/mol. The number of fused-ring (bicyclic) bond motifs is 3. The Morgan fingerprint density at radius 3 is 2.67 bits per heavy atom. The van der Waals surface area contributed by atoms with Crippen molar-refractivity contribution < 1.29 is 9.53 Å². The summed E-state index contributed by atoms with van der Waals surface area (Å²) in [5.41, 5.74) is 2.84. The number of nitrogens with zero attached hydrogens (tertiary/aromatic N) is 5. The molecule has 0 amide bonds. The van der Waals surface area contributed by atoms with E-state index in [1.165, 1.54) is 10.1 Å². The van der Waals surface area contributed by atoms with Crippen molar-refractivity contribution in [3.8, 4) is 0 Å². The van der Waals surface area contributed by atoms with E-state index in [0.29, 0.717) is 23.7 Å². The van der Waals surface area contributed by atoms with Crippen LogP contribution in [0.3, 0.4) is 0 Å². The lowest BCUT2D eigenvalue weighted by atomic mass is 10.1. The van der Waals surface area contributed by atoms with Crippen LogP contribution in [0.25, 0.3) is 11.2 Å². The first-order valence-corrected chi connectivity index (χ1v) is 10.0. The average molecular weight is 411 g/mol. The van der Waals surface area contributed by atoms with Crippen molar-refractivity contribution in [1.29, 1.82) is 0 Å². The third-order valence-electron chi connectivity index (χ3n) is 5.45. The van der Waals surface area contributed by atoms with E-state index in [9.17, 15) is 14.4 Å². The smallest absolute Gasteiger partial charge is 0.333 e. The van der Waals surface area contributed by atoms with E-state index in [1.54, 1.807) is 14.0 Å². The summed E-state index contributed by atoms with van der Waals surface area (Å²) in [6.45, 7) is 6.91. The second-order valence-electron chi connectivity index (χ2n) is 7.57. The van der Waals surface area contributed by atoms with E-state index in [0.717, 1.165) is 28.8 Å². The van der Waals surface area contributed by atoms with Gasteiger partial charge in [0.05, 0.1) is 6.61 Å². The minimum Gasteiger partial charge on any atom is -0.465 e. The summed E-state index contributed by atoms with van der Waals surface area (Å²) in [4.78, 5) is 44.6. The number of hydrogen-bond donors (Lipinski definition) is 0. The van der Waals surface area contributed by atoms with Gasteiger partial charge in [-0.1, -0.05) is 17.7 Å². The fraction of sp³-hybridized carbons (Fsp3) is 0.429. The molecule has 3 aromatic rings. The van der Waals surface area contributed by atoms with E-state index in [4.69, 9.17) is 4.74 Å². The van der Waals surface area contributed by atoms with Gasteiger partial charge in [-0.2, -0.15) is 4.98 Å². The topological polar surface area (TPSA) is 91.4 Å². The third-order valence-corrected chi connectivity index (χ3v) is 5.45. The van der Waals surface area contributed by atoms with Crippen LogP contribution >= 0.6 is 0 Å². The maximum Gasteiger partial charge on any atom is 0.333 e. The normalized spacial score (nSPS) is 13.5. The van der Waals surface area contributed by atoms with Gasteiger partial charge in [0, 0.05) is 25.8 Å². The highest BCUT2D eigenvalue weighted by atomic mass is 16.5. The second kappa shape index (κ2) is 7.47. The van der Waals surface area contributed by atoms with Crippen LogP contribution in [-0.2, 0) is 29.7 Å². The van der Waals surface area contributed by atoms with Crippen molar-refractivity contribution in [2.24, 2.45) is 7.05 Å². The molecule has 0 aliphatic carbocycles. The molecule has 30 heavy (non-hydrogen) atoms. The van der Waals surface area contributed by atoms with E-state index in [1.807, 2.05) is 24.5 Å². The largest absolute Gasteiger partial charge is 0.465 e. The van der Waals surface area contributed by atoms with Crippen LogP contribution in [0.1, 0.15) is 24.5 Å². The number of carbonyl (C=O) groups is 1. The number of aryl methyl sites for hydroxylation is 4. The zero-order valence-electron chi connectivity index (χ0n) is 17.6. The molecule has 0 N–H and O–H groups in total. The molecule has 9 nitrogen and oxygen atoms in total. The Kier molecular flexibility index (Phi) is 4.97. The summed E-state index contributed by atoms with van der Waals surface area (Å²) in [6.07, 6.45) is 0.825. The number of anilines is 2. The standard InChI is InChI=1S/C21H25N5O4/c1-5-30-16(27)12-26-19(28)17-18(23(4)21(26)29)22-20-24(9-6-10-25(17)20)15-8-7-13(2)11-14(15)3/h7-8,11H,5-6,9-10,12H2,1-4H3. The van der Waals surface area contributed by atoms with Crippen molar-refractivity contribution >= 4 is 28.8 Å². The Hall–Kier alpha value is -3.36. The minimum absolute atomic E-state index is 0.184. The predicted octanol–water partition coefficient (Wildman–Crippen LogP) is 1.62. The maximum atomic E-state index is 13.2. The molecule has 0 fully saturated rings. The first-order valence-electron chi connectivity index (χ1n) is 10.0. The molecule has 0 radical (unpaired) electrons. The zero-order valence-corrected chi connectivity index (χ0v) is 17.6. The number of ether oxygens (including phenoxy) is 1. The van der Waals surface area contributed by atoms with Crippen LogP contribution < -0.4 is 16.1 Å². The summed E-state index contributed by atoms with van der Waals surface area (Å²) in [5.74, 6) is 0.00975. The van der Waals surface area contributed by atoms with Gasteiger partial charge < -0.3 is 14.2 Å². The van der Waals surface area contributed by atoms with Gasteiger partial charge in [0.2, 0.25) is 5.95 Å². The molecule has 3 heterocycles. The molecular formula is C21H25N5O4. The van der Waals surface area contributed by atoms with E-state index < -0.39 is 23.8 Å². The van der Waals surface area contributed by atoms with Crippen molar-refractivity contribution in [1.82, 2.24) is 18.7 Å². The van der Waals surface area contributed by atoms with Crippen molar-refractivity contribution in [2.45, 2.75) is 40.3 Å². The monoisotopic (exact) mass is 411 g/mol. The number of imidazole rings is 1. The summed E-state index contributed by atoms with van der Waals surface area (Å²) in [7, 11) is 1.56. The molecule has 0 saturated heterocycles. The third kappa shape index (κ3) is 3.10. The molecule has 0 bridgehead atoms. The van der Waals surface area contributed by atoms with Gasteiger partial charge in [0.15, 0.2) is 11.2 Å². The van der Waals surface area contributed by atoms with Crippen molar-refractivity contribution in [2.75, 3.05) is 18.1 Å². The molecule has 0 atom stereocenters. The lowest BCUT2D eigenvalue weighted by molar-refractivity contribution is -0.143. The van der Waals surface area contributed by atoms with Crippen LogP contribution in [0.4, 0.5) is 11.6 Å². The Balaban J connectivity index is 1.92. The SMILES string of the molecule is CCOC(=O)Cn1c(=O)c2c(nc3n2CCCN3c2ccc(C)cc2C)n(C)c1=O. The number of rotatable bonds is 4. The maximum absolute atomic E-state index is 13.2. The molecule has 4 rings (SSSR count). The second-order valence-corrected chi connectivity index (χ2v) is 7.57. The van der Waals surface area contributed by atoms with Crippen LogP contribution in [0.2, 0.25) is 0 Å². The highest BCUT2D eigenvalue weighted by Crippen LogP contribution is 2.33. The molecule has 0 spiro atoms. The lowest BCUT2D eigenvalue weighted by Gasteiger charge is -2.30. The lowest BCUT2D eigenvalue weighted by Crippen LogP contribution is -2.41. The molecule has 9 heteroatoms. The fourth-order valence-electron chi connectivity index (χ4n) is 4.08. The Bertz CT molecular complexity index is 1270. The van der Waals surface area contributed by atoms with Gasteiger partial charge >= 0.3 is 11.7 Å². The van der Waals surface area contributed by atoms with E-state index in [-0.39, 0.29) is 6.61 Å². The number of carbonyl (C=O) groups excluding carboxylic acids is 1. The first kappa shape index (κ1) is 19.9. The van der Waals surface area contributed by atoms with Gasteiger partial charge in [0.1, 0.15) is 6.54 Å². The molecule has 158 valence electrons. The van der Waals surface area contributed by atoms with Gasteiger partial charge in [-0.25, -0.2) is 9.36 Å². The van der Waals surface area contributed by atoms with Crippen LogP contribution in [-0.4, -0.2) is 37.8 Å². The molecule has 1 aromatic carbocycles.